The largest absolute Gasteiger partial charge is 0.454 e. The van der Waals surface area contributed by atoms with E-state index >= 15 is 0 Å². The Morgan fingerprint density at radius 2 is 1.87 bits per heavy atom. The van der Waals surface area contributed by atoms with Crippen LogP contribution in [0.4, 0.5) is 0 Å². The molecule has 3 aliphatic rings. The van der Waals surface area contributed by atoms with Crippen molar-refractivity contribution in [3.8, 4) is 11.5 Å². The Morgan fingerprint density at radius 3 is 2.60 bits per heavy atom. The molecular formula is C12H10O3. The van der Waals surface area contributed by atoms with Crippen LogP contribution < -0.4 is 9.47 Å². The molecular weight excluding hydrogens is 192 g/mol. The maximum Gasteiger partial charge on any atom is 0.231 e. The number of carbonyl (C=O) groups excluding carboxylic acids is 1. The first-order valence-corrected chi connectivity index (χ1v) is 5.26. The summed E-state index contributed by atoms with van der Waals surface area (Å²) in [6, 6.07) is 3.86. The summed E-state index contributed by atoms with van der Waals surface area (Å²) in [5.74, 6) is 1.79. The van der Waals surface area contributed by atoms with Gasteiger partial charge in [0.05, 0.1) is 0 Å². The molecule has 0 unspecified atom stereocenters. The summed E-state index contributed by atoms with van der Waals surface area (Å²) < 4.78 is 10.6. The zero-order chi connectivity index (χ0) is 10.0. The third kappa shape index (κ3) is 0.838. The summed E-state index contributed by atoms with van der Waals surface area (Å²) in [6.45, 7) is 0.277. The minimum Gasteiger partial charge on any atom is -0.454 e. The molecule has 3 heteroatoms. The molecule has 15 heavy (non-hydrogen) atoms. The quantitative estimate of drug-likeness (QED) is 0.645. The molecule has 2 aliphatic carbocycles. The van der Waals surface area contributed by atoms with Crippen LogP contribution >= 0.6 is 0 Å². The Labute approximate surface area is 87.0 Å². The molecule has 0 radical (unpaired) electrons. The van der Waals surface area contributed by atoms with Crippen LogP contribution in [0.1, 0.15) is 35.2 Å². The summed E-state index contributed by atoms with van der Waals surface area (Å²) in [4.78, 5) is 11.8. The Balaban J connectivity index is 1.99. The van der Waals surface area contributed by atoms with Crippen LogP contribution in [-0.4, -0.2) is 12.6 Å². The van der Waals surface area contributed by atoms with Crippen LogP contribution in [0.25, 0.3) is 0 Å². The average molecular weight is 202 g/mol. The summed E-state index contributed by atoms with van der Waals surface area (Å²) in [6.07, 6.45) is 2.97. The molecule has 4 rings (SSSR count). The number of hydrogen-bond donors (Lipinski definition) is 0. The highest BCUT2D eigenvalue weighted by atomic mass is 16.7. The molecule has 0 atom stereocenters. The van der Waals surface area contributed by atoms with Gasteiger partial charge in [-0.3, -0.25) is 4.79 Å². The minimum absolute atomic E-state index is 0.174. The van der Waals surface area contributed by atoms with Gasteiger partial charge in [0, 0.05) is 17.4 Å². The highest BCUT2D eigenvalue weighted by Crippen LogP contribution is 2.58. The van der Waals surface area contributed by atoms with Crippen LogP contribution in [-0.2, 0) is 5.41 Å². The van der Waals surface area contributed by atoms with Gasteiger partial charge in [-0.1, -0.05) is 0 Å². The minimum atomic E-state index is 0.174. The van der Waals surface area contributed by atoms with E-state index in [1.807, 2.05) is 12.1 Å². The van der Waals surface area contributed by atoms with E-state index in [1.54, 1.807) is 0 Å². The first-order valence-electron chi connectivity index (χ1n) is 5.26. The second kappa shape index (κ2) is 2.18. The van der Waals surface area contributed by atoms with Crippen LogP contribution in [0, 0.1) is 0 Å². The number of hydrogen-bond acceptors (Lipinski definition) is 3. The number of ketones is 1. The van der Waals surface area contributed by atoms with E-state index in [9.17, 15) is 4.79 Å². The summed E-state index contributed by atoms with van der Waals surface area (Å²) in [5, 5.41) is 0. The van der Waals surface area contributed by atoms with Crippen molar-refractivity contribution in [2.75, 3.05) is 6.79 Å². The molecule has 1 aromatic rings. The van der Waals surface area contributed by atoms with Crippen molar-refractivity contribution in [2.45, 2.75) is 24.7 Å². The van der Waals surface area contributed by atoms with Crippen molar-refractivity contribution in [1.82, 2.24) is 0 Å². The SMILES string of the molecule is O=C1CC2(CC2)c2cc3c(cc21)OCO3. The molecule has 0 N–H and O–H groups in total. The lowest BCUT2D eigenvalue weighted by Crippen LogP contribution is -2.00. The normalized spacial score (nSPS) is 23.3. The van der Waals surface area contributed by atoms with Gasteiger partial charge in [0.2, 0.25) is 6.79 Å². The molecule has 1 saturated carbocycles. The second-order valence-electron chi connectivity index (χ2n) is 4.63. The molecule has 0 bridgehead atoms. The third-order valence-electron chi connectivity index (χ3n) is 3.74. The van der Waals surface area contributed by atoms with Crippen molar-refractivity contribution in [2.24, 2.45) is 0 Å². The lowest BCUT2D eigenvalue weighted by molar-refractivity contribution is 0.0986. The lowest BCUT2D eigenvalue weighted by atomic mass is 9.98. The molecule has 1 spiro atoms. The van der Waals surface area contributed by atoms with Crippen LogP contribution in [0.2, 0.25) is 0 Å². The molecule has 1 aromatic carbocycles. The fourth-order valence-electron chi connectivity index (χ4n) is 2.71. The van der Waals surface area contributed by atoms with Gasteiger partial charge in [0.1, 0.15) is 0 Å². The van der Waals surface area contributed by atoms with E-state index in [-0.39, 0.29) is 18.0 Å². The first-order chi connectivity index (χ1) is 7.28. The molecule has 0 amide bonds. The maximum absolute atomic E-state index is 11.8. The molecule has 1 heterocycles. The summed E-state index contributed by atoms with van der Waals surface area (Å²) >= 11 is 0. The topological polar surface area (TPSA) is 35.5 Å². The average Bonchev–Trinajstić information content (AvgIpc) is 2.77. The van der Waals surface area contributed by atoms with Crippen molar-refractivity contribution in [3.05, 3.63) is 23.3 Å². The van der Waals surface area contributed by atoms with E-state index in [1.165, 1.54) is 5.56 Å². The second-order valence-corrected chi connectivity index (χ2v) is 4.63. The van der Waals surface area contributed by atoms with Crippen LogP contribution in [0.3, 0.4) is 0 Å². The Bertz CT molecular complexity index is 486. The number of Topliss-reactive ketones (excluding diaryl/α,β-unsaturated/α-hetero) is 1. The van der Waals surface area contributed by atoms with Gasteiger partial charge < -0.3 is 9.47 Å². The highest BCUT2D eigenvalue weighted by molar-refractivity contribution is 6.03. The monoisotopic (exact) mass is 202 g/mol. The fourth-order valence-corrected chi connectivity index (χ4v) is 2.71. The van der Waals surface area contributed by atoms with E-state index in [2.05, 4.69) is 0 Å². The van der Waals surface area contributed by atoms with Crippen molar-refractivity contribution < 1.29 is 14.3 Å². The van der Waals surface area contributed by atoms with Gasteiger partial charge in [0.25, 0.3) is 0 Å². The predicted octanol–water partition coefficient (Wildman–Crippen LogP) is 2.03. The molecule has 1 aliphatic heterocycles. The van der Waals surface area contributed by atoms with Crippen molar-refractivity contribution in [3.63, 3.8) is 0 Å². The molecule has 1 fully saturated rings. The van der Waals surface area contributed by atoms with E-state index in [0.29, 0.717) is 6.42 Å². The zero-order valence-electron chi connectivity index (χ0n) is 8.21. The van der Waals surface area contributed by atoms with Crippen LogP contribution in [0.5, 0.6) is 11.5 Å². The van der Waals surface area contributed by atoms with E-state index in [4.69, 9.17) is 9.47 Å². The summed E-state index contributed by atoms with van der Waals surface area (Å²) in [5.41, 5.74) is 2.22. The maximum atomic E-state index is 11.8. The van der Waals surface area contributed by atoms with Gasteiger partial charge in [-0.25, -0.2) is 0 Å². The van der Waals surface area contributed by atoms with Gasteiger partial charge in [-0.05, 0) is 30.5 Å². The van der Waals surface area contributed by atoms with Gasteiger partial charge >= 0.3 is 0 Å². The standard InChI is InChI=1S/C12H10O3/c13-9-5-12(1-2-12)8-4-11-10(3-7(8)9)14-6-15-11/h3-4H,1-2,5-6H2. The van der Waals surface area contributed by atoms with Gasteiger partial charge in [0.15, 0.2) is 17.3 Å². The number of benzene rings is 1. The highest BCUT2D eigenvalue weighted by Gasteiger charge is 2.52. The third-order valence-corrected chi connectivity index (χ3v) is 3.74. The van der Waals surface area contributed by atoms with Crippen LogP contribution in [0.15, 0.2) is 12.1 Å². The Morgan fingerprint density at radius 1 is 1.13 bits per heavy atom. The predicted molar refractivity (Wildman–Crippen MR) is 52.4 cm³/mol. The zero-order valence-corrected chi connectivity index (χ0v) is 8.21. The van der Waals surface area contributed by atoms with E-state index < -0.39 is 0 Å². The molecule has 0 aromatic heterocycles. The number of rotatable bonds is 0. The Hall–Kier alpha value is -1.51. The number of ether oxygens (including phenoxy) is 2. The van der Waals surface area contributed by atoms with Crippen molar-refractivity contribution in [1.29, 1.82) is 0 Å². The van der Waals surface area contributed by atoms with Crippen molar-refractivity contribution >= 4 is 5.78 Å². The number of fused-ring (bicyclic) bond motifs is 3. The first kappa shape index (κ1) is 7.74. The summed E-state index contributed by atoms with van der Waals surface area (Å²) in [7, 11) is 0. The van der Waals surface area contributed by atoms with Gasteiger partial charge in [-0.2, -0.15) is 0 Å². The molecule has 0 saturated heterocycles. The fraction of sp³-hybridized carbons (Fsp3) is 0.417. The smallest absolute Gasteiger partial charge is 0.231 e. The molecule has 3 nitrogen and oxygen atoms in total. The van der Waals surface area contributed by atoms with E-state index in [0.717, 1.165) is 29.9 Å². The van der Waals surface area contributed by atoms with Gasteiger partial charge in [-0.15, -0.1) is 0 Å². The molecule has 76 valence electrons. The number of carbonyl (C=O) groups is 1. The lowest BCUT2D eigenvalue weighted by Gasteiger charge is -2.07. The Kier molecular flexibility index (Phi) is 1.13.